The molecule has 0 fully saturated rings. The van der Waals surface area contributed by atoms with E-state index in [-0.39, 0.29) is 0 Å². The zero-order valence-electron chi connectivity index (χ0n) is 20.2. The summed E-state index contributed by atoms with van der Waals surface area (Å²) in [6.45, 7) is 0. The zero-order valence-corrected chi connectivity index (χ0v) is 20.2. The van der Waals surface area contributed by atoms with Crippen LogP contribution < -0.4 is 0 Å². The molecule has 7 aromatic rings. The second kappa shape index (κ2) is 9.26. The number of aromatic nitrogens is 6. The second-order valence-electron chi connectivity index (χ2n) is 8.90. The normalized spacial score (nSPS) is 11.2. The van der Waals surface area contributed by atoms with E-state index < -0.39 is 0 Å². The van der Waals surface area contributed by atoms with Gasteiger partial charge in [0.2, 0.25) is 0 Å². The fourth-order valence-corrected chi connectivity index (χ4v) is 4.47. The van der Waals surface area contributed by atoms with E-state index in [1.54, 1.807) is 12.4 Å². The zero-order chi connectivity index (χ0) is 25.3. The van der Waals surface area contributed by atoms with Crippen molar-refractivity contribution in [3.05, 3.63) is 122 Å². The highest BCUT2D eigenvalue weighted by Gasteiger charge is 2.14. The summed E-state index contributed by atoms with van der Waals surface area (Å²) < 4.78 is 0. The average molecular weight is 489 g/mol. The topological polar surface area (TPSA) is 77.3 Å². The molecule has 0 saturated carbocycles. The van der Waals surface area contributed by atoms with E-state index in [9.17, 15) is 0 Å². The molecule has 7 rings (SSSR count). The monoisotopic (exact) mass is 488 g/mol. The molecule has 0 aliphatic heterocycles. The van der Waals surface area contributed by atoms with Crippen LogP contribution in [0.15, 0.2) is 122 Å². The molecule has 0 saturated heterocycles. The summed E-state index contributed by atoms with van der Waals surface area (Å²) in [5.74, 6) is 0.600. The lowest BCUT2D eigenvalue weighted by Gasteiger charge is -2.10. The van der Waals surface area contributed by atoms with Gasteiger partial charge in [0.25, 0.3) is 0 Å². The fourth-order valence-electron chi connectivity index (χ4n) is 4.47. The third-order valence-electron chi connectivity index (χ3n) is 6.43. The molecule has 0 unspecified atom stereocenters. The van der Waals surface area contributed by atoms with Crippen molar-refractivity contribution >= 4 is 22.1 Å². The van der Waals surface area contributed by atoms with Crippen molar-refractivity contribution in [1.29, 1.82) is 0 Å². The van der Waals surface area contributed by atoms with E-state index in [0.717, 1.165) is 38.9 Å². The van der Waals surface area contributed by atoms with Gasteiger partial charge in [0.05, 0.1) is 22.8 Å². The number of hydrogen-bond donors (Lipinski definition) is 0. The molecule has 0 bridgehead atoms. The Labute approximate surface area is 218 Å². The first-order chi connectivity index (χ1) is 18.8. The number of fused-ring (bicyclic) bond motifs is 2. The molecule has 5 heterocycles. The van der Waals surface area contributed by atoms with Gasteiger partial charge in [-0.25, -0.2) is 29.9 Å². The highest BCUT2D eigenvalue weighted by Crippen LogP contribution is 2.29. The van der Waals surface area contributed by atoms with Gasteiger partial charge in [0.15, 0.2) is 17.1 Å². The summed E-state index contributed by atoms with van der Waals surface area (Å²) in [4.78, 5) is 28.3. The Kier molecular flexibility index (Phi) is 5.33. The van der Waals surface area contributed by atoms with Crippen molar-refractivity contribution in [2.75, 3.05) is 0 Å². The van der Waals surface area contributed by atoms with Crippen LogP contribution in [0.25, 0.3) is 67.4 Å². The maximum absolute atomic E-state index is 4.93. The second-order valence-corrected chi connectivity index (χ2v) is 8.90. The van der Waals surface area contributed by atoms with Crippen molar-refractivity contribution in [3.63, 3.8) is 0 Å². The number of pyridine rings is 4. The van der Waals surface area contributed by atoms with Crippen molar-refractivity contribution in [2.45, 2.75) is 0 Å². The lowest BCUT2D eigenvalue weighted by molar-refractivity contribution is 1.15. The molecule has 0 aliphatic carbocycles. The van der Waals surface area contributed by atoms with Gasteiger partial charge in [-0.2, -0.15) is 0 Å². The molecule has 38 heavy (non-hydrogen) atoms. The van der Waals surface area contributed by atoms with E-state index in [0.29, 0.717) is 28.5 Å². The predicted octanol–water partition coefficient (Wildman–Crippen LogP) is 7.03. The third-order valence-corrected chi connectivity index (χ3v) is 6.43. The van der Waals surface area contributed by atoms with Crippen molar-refractivity contribution < 1.29 is 0 Å². The maximum Gasteiger partial charge on any atom is 0.160 e. The van der Waals surface area contributed by atoms with Gasteiger partial charge < -0.3 is 0 Å². The van der Waals surface area contributed by atoms with Crippen LogP contribution >= 0.6 is 0 Å². The summed E-state index contributed by atoms with van der Waals surface area (Å²) >= 11 is 0. The van der Waals surface area contributed by atoms with Gasteiger partial charge in [-0.3, -0.25) is 0 Å². The third kappa shape index (κ3) is 4.14. The molecule has 0 spiro atoms. The van der Waals surface area contributed by atoms with Gasteiger partial charge in [-0.15, -0.1) is 0 Å². The Hall–Kier alpha value is -5.36. The molecule has 0 amide bonds. The van der Waals surface area contributed by atoms with Gasteiger partial charge in [-0.1, -0.05) is 54.6 Å². The fraction of sp³-hybridized carbons (Fsp3) is 0. The molecule has 0 aliphatic rings. The smallest absolute Gasteiger partial charge is 0.160 e. The molecule has 2 aromatic carbocycles. The summed E-state index contributed by atoms with van der Waals surface area (Å²) in [6.07, 6.45) is 3.49. The molecular formula is C32H20N6. The van der Waals surface area contributed by atoms with Gasteiger partial charge in [0.1, 0.15) is 0 Å². The van der Waals surface area contributed by atoms with Crippen LogP contribution in [0.1, 0.15) is 0 Å². The van der Waals surface area contributed by atoms with Crippen LogP contribution in [0.4, 0.5) is 0 Å². The number of rotatable bonds is 4. The van der Waals surface area contributed by atoms with Gasteiger partial charge in [-0.05, 0) is 65.7 Å². The lowest BCUT2D eigenvalue weighted by Crippen LogP contribution is -1.99. The van der Waals surface area contributed by atoms with Crippen LogP contribution in [0.3, 0.4) is 0 Å². The maximum atomic E-state index is 4.93. The van der Waals surface area contributed by atoms with E-state index in [2.05, 4.69) is 46.4 Å². The van der Waals surface area contributed by atoms with Crippen molar-refractivity contribution in [1.82, 2.24) is 29.9 Å². The number of nitrogens with zero attached hydrogens (tertiary/aromatic N) is 6. The predicted molar refractivity (Wildman–Crippen MR) is 150 cm³/mol. The van der Waals surface area contributed by atoms with Gasteiger partial charge in [0, 0.05) is 28.7 Å². The minimum absolute atomic E-state index is 0.600. The average Bonchev–Trinajstić information content (AvgIpc) is 3.01. The first-order valence-corrected chi connectivity index (χ1v) is 12.3. The first-order valence-electron chi connectivity index (χ1n) is 12.3. The van der Waals surface area contributed by atoms with Crippen LogP contribution in [-0.4, -0.2) is 29.9 Å². The van der Waals surface area contributed by atoms with Crippen LogP contribution in [0, 0.1) is 0 Å². The largest absolute Gasteiger partial charge is 0.237 e. The standard InChI is InChI=1S/C32H20N6/c1-2-6-21(7-3-1)22-10-12-25(13-11-22)32-37-28(26-16-14-23-8-4-18-33-30(23)35-26)20-29(38-32)27-17-15-24-9-5-19-34-31(24)36-27/h1-20H. The summed E-state index contributed by atoms with van der Waals surface area (Å²) in [5, 5.41) is 1.95. The number of benzene rings is 2. The van der Waals surface area contributed by atoms with Crippen LogP contribution in [0.5, 0.6) is 0 Å². The van der Waals surface area contributed by atoms with Crippen molar-refractivity contribution in [3.8, 4) is 45.3 Å². The summed E-state index contributed by atoms with van der Waals surface area (Å²) in [5.41, 5.74) is 7.40. The molecule has 178 valence electrons. The quantitative estimate of drug-likeness (QED) is 0.265. The molecular weight excluding hydrogens is 468 g/mol. The highest BCUT2D eigenvalue weighted by molar-refractivity contribution is 5.80. The van der Waals surface area contributed by atoms with E-state index in [4.69, 9.17) is 19.9 Å². The SMILES string of the molecule is c1ccc(-c2ccc(-c3nc(-c4ccc5cccnc5n4)cc(-c4ccc5cccnc5n4)n3)cc2)cc1. The van der Waals surface area contributed by atoms with E-state index >= 15 is 0 Å². The minimum Gasteiger partial charge on any atom is -0.237 e. The van der Waals surface area contributed by atoms with Crippen LogP contribution in [0.2, 0.25) is 0 Å². The summed E-state index contributed by atoms with van der Waals surface area (Å²) in [6, 6.07) is 36.3. The summed E-state index contributed by atoms with van der Waals surface area (Å²) in [7, 11) is 0. The first kappa shape index (κ1) is 21.9. The molecule has 6 nitrogen and oxygen atoms in total. The molecule has 6 heteroatoms. The van der Waals surface area contributed by atoms with Crippen LogP contribution in [-0.2, 0) is 0 Å². The Bertz CT molecular complexity index is 1820. The molecule has 0 N–H and O–H groups in total. The lowest BCUT2D eigenvalue weighted by atomic mass is 10.0. The Morgan fingerprint density at radius 3 is 1.47 bits per heavy atom. The van der Waals surface area contributed by atoms with E-state index in [1.807, 2.05) is 72.8 Å². The molecule has 0 radical (unpaired) electrons. The minimum atomic E-state index is 0.600. The Morgan fingerprint density at radius 2 is 0.895 bits per heavy atom. The molecule has 5 aromatic heterocycles. The highest BCUT2D eigenvalue weighted by atomic mass is 14.9. The Balaban J connectivity index is 1.38. The Morgan fingerprint density at radius 1 is 0.368 bits per heavy atom. The van der Waals surface area contributed by atoms with Gasteiger partial charge >= 0.3 is 0 Å². The number of hydrogen-bond acceptors (Lipinski definition) is 6. The molecule has 0 atom stereocenters. The van der Waals surface area contributed by atoms with E-state index in [1.165, 1.54) is 0 Å². The van der Waals surface area contributed by atoms with Crippen molar-refractivity contribution in [2.24, 2.45) is 0 Å².